The van der Waals surface area contributed by atoms with Gasteiger partial charge in [0.05, 0.1) is 9.82 Å². The van der Waals surface area contributed by atoms with Crippen molar-refractivity contribution >= 4 is 21.4 Å². The van der Waals surface area contributed by atoms with E-state index in [0.717, 1.165) is 6.07 Å². The molecule has 0 bridgehead atoms. The predicted octanol–water partition coefficient (Wildman–Crippen LogP) is 2.10. The van der Waals surface area contributed by atoms with Crippen LogP contribution in [0.4, 0.5) is 11.4 Å². The number of aromatic hydroxyl groups is 1. The normalized spacial score (nSPS) is 11.0. The molecule has 0 unspecified atom stereocenters. The molecule has 0 fully saturated rings. The van der Waals surface area contributed by atoms with Gasteiger partial charge in [-0.1, -0.05) is 6.07 Å². The molecule has 0 aliphatic carbocycles. The second-order valence-corrected chi connectivity index (χ2v) is 5.59. The number of hydrogen-bond donors (Lipinski definition) is 2. The Labute approximate surface area is 114 Å². The molecule has 0 aromatic heterocycles. The summed E-state index contributed by atoms with van der Waals surface area (Å²) in [5.41, 5.74) is 0.0595. The van der Waals surface area contributed by atoms with E-state index in [9.17, 15) is 23.6 Å². The molecular weight excluding hydrogens is 284 g/mol. The minimum Gasteiger partial charge on any atom is -0.508 e. The maximum absolute atomic E-state index is 12.0. The van der Waals surface area contributed by atoms with Crippen molar-refractivity contribution in [3.05, 3.63) is 58.6 Å². The molecule has 0 aliphatic rings. The van der Waals surface area contributed by atoms with Crippen LogP contribution in [-0.4, -0.2) is 18.4 Å². The highest BCUT2D eigenvalue weighted by Gasteiger charge is 2.15. The Morgan fingerprint density at radius 3 is 2.30 bits per heavy atom. The summed E-state index contributed by atoms with van der Waals surface area (Å²) in [4.78, 5) is 9.82. The zero-order chi connectivity index (χ0) is 14.8. The molecule has 0 spiro atoms. The lowest BCUT2D eigenvalue weighted by molar-refractivity contribution is -0.384. The highest BCUT2D eigenvalue weighted by Crippen LogP contribution is 2.21. The van der Waals surface area contributed by atoms with Gasteiger partial charge in [-0.3, -0.25) is 14.8 Å². The lowest BCUT2D eigenvalue weighted by Gasteiger charge is -2.08. The third kappa shape index (κ3) is 3.04. The third-order valence-corrected chi connectivity index (χ3v) is 3.84. The van der Waals surface area contributed by atoms with Gasteiger partial charge in [-0.15, -0.1) is 0 Å². The maximum Gasteiger partial charge on any atom is 0.269 e. The fourth-order valence-electron chi connectivity index (χ4n) is 1.52. The van der Waals surface area contributed by atoms with Crippen LogP contribution in [0.3, 0.4) is 0 Å². The smallest absolute Gasteiger partial charge is 0.269 e. The van der Waals surface area contributed by atoms with Crippen LogP contribution in [0.25, 0.3) is 0 Å². The molecule has 8 heteroatoms. The van der Waals surface area contributed by atoms with Gasteiger partial charge in [0.1, 0.15) is 5.75 Å². The largest absolute Gasteiger partial charge is 0.508 e. The van der Waals surface area contributed by atoms with Crippen LogP contribution in [0.15, 0.2) is 53.4 Å². The van der Waals surface area contributed by atoms with E-state index in [0.29, 0.717) is 0 Å². The van der Waals surface area contributed by atoms with E-state index in [1.165, 1.54) is 42.5 Å². The quantitative estimate of drug-likeness (QED) is 0.663. The van der Waals surface area contributed by atoms with Crippen molar-refractivity contribution in [3.8, 4) is 5.75 Å². The van der Waals surface area contributed by atoms with Crippen molar-refractivity contribution in [2.45, 2.75) is 4.90 Å². The van der Waals surface area contributed by atoms with Crippen LogP contribution >= 0.6 is 0 Å². The lowest BCUT2D eigenvalue weighted by atomic mass is 10.3. The van der Waals surface area contributed by atoms with Gasteiger partial charge < -0.3 is 5.11 Å². The molecule has 0 radical (unpaired) electrons. The number of nitro benzene ring substituents is 1. The molecule has 7 nitrogen and oxygen atoms in total. The number of phenolic OH excluding ortho intramolecular Hbond substituents is 1. The maximum atomic E-state index is 12.0. The lowest BCUT2D eigenvalue weighted by Crippen LogP contribution is -2.12. The van der Waals surface area contributed by atoms with E-state index < -0.39 is 14.9 Å². The zero-order valence-corrected chi connectivity index (χ0v) is 10.9. The van der Waals surface area contributed by atoms with Crippen LogP contribution in [0.2, 0.25) is 0 Å². The number of nitro groups is 1. The van der Waals surface area contributed by atoms with Gasteiger partial charge in [0, 0.05) is 23.9 Å². The molecule has 0 saturated carbocycles. The van der Waals surface area contributed by atoms with Crippen molar-refractivity contribution in [2.75, 3.05) is 4.72 Å². The Morgan fingerprint density at radius 2 is 1.75 bits per heavy atom. The van der Waals surface area contributed by atoms with E-state index in [-0.39, 0.29) is 22.0 Å². The standard InChI is InChI=1S/C12H10N2O5S/c15-11-2-1-3-12(8-11)20(18,19)13-9-4-6-10(7-5-9)14(16)17/h1-8,13,15H. The van der Waals surface area contributed by atoms with Crippen LogP contribution in [0.1, 0.15) is 0 Å². The Bertz CT molecular complexity index is 741. The van der Waals surface area contributed by atoms with Crippen molar-refractivity contribution < 1.29 is 18.4 Å². The first-order valence-corrected chi connectivity index (χ1v) is 6.93. The van der Waals surface area contributed by atoms with Crippen LogP contribution in [0, 0.1) is 10.1 Å². The molecule has 0 atom stereocenters. The fourth-order valence-corrected chi connectivity index (χ4v) is 2.61. The molecule has 20 heavy (non-hydrogen) atoms. The molecule has 2 aromatic carbocycles. The van der Waals surface area contributed by atoms with Crippen molar-refractivity contribution in [1.29, 1.82) is 0 Å². The average molecular weight is 294 g/mol. The second kappa shape index (κ2) is 5.17. The van der Waals surface area contributed by atoms with Gasteiger partial charge >= 0.3 is 0 Å². The van der Waals surface area contributed by atoms with Gasteiger partial charge in [0.2, 0.25) is 0 Å². The first-order valence-electron chi connectivity index (χ1n) is 5.45. The molecule has 0 heterocycles. The van der Waals surface area contributed by atoms with Gasteiger partial charge in [0.15, 0.2) is 0 Å². The number of sulfonamides is 1. The van der Waals surface area contributed by atoms with Crippen molar-refractivity contribution in [2.24, 2.45) is 0 Å². The first-order chi connectivity index (χ1) is 9.38. The summed E-state index contributed by atoms with van der Waals surface area (Å²) >= 11 is 0. The van der Waals surface area contributed by atoms with Crippen molar-refractivity contribution in [3.63, 3.8) is 0 Å². The summed E-state index contributed by atoms with van der Waals surface area (Å²) < 4.78 is 26.3. The highest BCUT2D eigenvalue weighted by molar-refractivity contribution is 7.92. The average Bonchev–Trinajstić information content (AvgIpc) is 2.39. The summed E-state index contributed by atoms with van der Waals surface area (Å²) in [6.07, 6.45) is 0. The third-order valence-electron chi connectivity index (χ3n) is 2.46. The van der Waals surface area contributed by atoms with E-state index in [4.69, 9.17) is 0 Å². The Hall–Kier alpha value is -2.61. The van der Waals surface area contributed by atoms with E-state index in [1.54, 1.807) is 0 Å². The number of nitrogens with zero attached hydrogens (tertiary/aromatic N) is 1. The number of phenols is 1. The summed E-state index contributed by atoms with van der Waals surface area (Å²) in [6.45, 7) is 0. The molecule has 0 aliphatic heterocycles. The minimum absolute atomic E-state index is 0.101. The molecule has 104 valence electrons. The number of hydrogen-bond acceptors (Lipinski definition) is 5. The molecule has 0 amide bonds. The number of anilines is 1. The number of non-ortho nitro benzene ring substituents is 1. The highest BCUT2D eigenvalue weighted by atomic mass is 32.2. The molecule has 2 rings (SSSR count). The molecular formula is C12H10N2O5S. The van der Waals surface area contributed by atoms with Gasteiger partial charge in [-0.05, 0) is 24.3 Å². The van der Waals surface area contributed by atoms with Gasteiger partial charge in [-0.2, -0.15) is 0 Å². The van der Waals surface area contributed by atoms with E-state index in [2.05, 4.69) is 4.72 Å². The van der Waals surface area contributed by atoms with Crippen LogP contribution < -0.4 is 4.72 Å². The number of benzene rings is 2. The minimum atomic E-state index is -3.85. The summed E-state index contributed by atoms with van der Waals surface area (Å²) in [7, 11) is -3.85. The molecule has 0 saturated heterocycles. The number of nitrogens with one attached hydrogen (secondary N) is 1. The summed E-state index contributed by atoms with van der Waals surface area (Å²) in [5, 5.41) is 19.8. The zero-order valence-electron chi connectivity index (χ0n) is 10.1. The molecule has 2 N–H and O–H groups in total. The number of rotatable bonds is 4. The Balaban J connectivity index is 2.26. The monoisotopic (exact) mass is 294 g/mol. The van der Waals surface area contributed by atoms with Crippen LogP contribution in [0.5, 0.6) is 5.75 Å². The van der Waals surface area contributed by atoms with Gasteiger partial charge in [-0.25, -0.2) is 8.42 Å². The van der Waals surface area contributed by atoms with E-state index in [1.807, 2.05) is 0 Å². The second-order valence-electron chi connectivity index (χ2n) is 3.91. The first kappa shape index (κ1) is 13.8. The fraction of sp³-hybridized carbons (Fsp3) is 0. The predicted molar refractivity (Wildman–Crippen MR) is 72.0 cm³/mol. The van der Waals surface area contributed by atoms with Crippen molar-refractivity contribution in [1.82, 2.24) is 0 Å². The summed E-state index contributed by atoms with van der Waals surface area (Å²) in [6, 6.07) is 10.2. The van der Waals surface area contributed by atoms with E-state index >= 15 is 0 Å². The topological polar surface area (TPSA) is 110 Å². The SMILES string of the molecule is O=[N+]([O-])c1ccc(NS(=O)(=O)c2cccc(O)c2)cc1. The Kier molecular flexibility index (Phi) is 3.57. The van der Waals surface area contributed by atoms with Crippen LogP contribution in [-0.2, 0) is 10.0 Å². The Morgan fingerprint density at radius 1 is 1.10 bits per heavy atom. The summed E-state index contributed by atoms with van der Waals surface area (Å²) in [5.74, 6) is -0.170. The van der Waals surface area contributed by atoms with Gasteiger partial charge in [0.25, 0.3) is 15.7 Å². The molecule has 2 aromatic rings.